The average molecular weight is 372 g/mol. The van der Waals surface area contributed by atoms with E-state index in [4.69, 9.17) is 4.74 Å². The number of hydrogen-bond donors (Lipinski definition) is 0. The summed E-state index contributed by atoms with van der Waals surface area (Å²) in [5, 5.41) is 0.525. The lowest BCUT2D eigenvalue weighted by molar-refractivity contribution is -0.139. The minimum absolute atomic E-state index is 0.00937. The second-order valence-corrected chi connectivity index (χ2v) is 7.50. The van der Waals surface area contributed by atoms with E-state index in [1.165, 1.54) is 17.3 Å². The SMILES string of the molecule is CCOC(=O)C1=C(C)N=C2SC(CC)C(=O)N2C1c1ccc(CC)cc1. The van der Waals surface area contributed by atoms with Gasteiger partial charge in [-0.2, -0.15) is 0 Å². The predicted molar refractivity (Wildman–Crippen MR) is 104 cm³/mol. The van der Waals surface area contributed by atoms with Crippen LogP contribution in [0.2, 0.25) is 0 Å². The van der Waals surface area contributed by atoms with Crippen LogP contribution in [0.4, 0.5) is 0 Å². The van der Waals surface area contributed by atoms with Crippen LogP contribution in [0.5, 0.6) is 0 Å². The number of aliphatic imine (C=N–C) groups is 1. The van der Waals surface area contributed by atoms with Crippen LogP contribution in [0.25, 0.3) is 0 Å². The average Bonchev–Trinajstić information content (AvgIpc) is 2.96. The Kier molecular flexibility index (Phi) is 5.51. The predicted octanol–water partition coefficient (Wildman–Crippen LogP) is 3.85. The fourth-order valence-electron chi connectivity index (χ4n) is 3.31. The molecule has 2 heterocycles. The third-order valence-corrected chi connectivity index (χ3v) is 6.04. The molecule has 1 aromatic carbocycles. The van der Waals surface area contributed by atoms with Gasteiger partial charge in [-0.05, 0) is 37.8 Å². The van der Waals surface area contributed by atoms with Gasteiger partial charge >= 0.3 is 5.97 Å². The molecule has 0 radical (unpaired) electrons. The van der Waals surface area contributed by atoms with Gasteiger partial charge in [0.15, 0.2) is 5.17 Å². The molecule has 1 fully saturated rings. The van der Waals surface area contributed by atoms with Crippen LogP contribution in [0, 0.1) is 0 Å². The Morgan fingerprint density at radius 2 is 1.92 bits per heavy atom. The van der Waals surface area contributed by atoms with Gasteiger partial charge in [-0.3, -0.25) is 9.69 Å². The molecule has 1 aromatic rings. The number of hydrogen-bond acceptors (Lipinski definition) is 5. The van der Waals surface area contributed by atoms with Crippen LogP contribution in [-0.2, 0) is 20.7 Å². The first-order valence-corrected chi connectivity index (χ1v) is 9.94. The number of aryl methyl sites for hydroxylation is 1. The molecule has 138 valence electrons. The van der Waals surface area contributed by atoms with E-state index in [2.05, 4.69) is 11.9 Å². The van der Waals surface area contributed by atoms with Gasteiger partial charge in [0.05, 0.1) is 29.2 Å². The van der Waals surface area contributed by atoms with Crippen molar-refractivity contribution in [2.24, 2.45) is 4.99 Å². The van der Waals surface area contributed by atoms with Crippen molar-refractivity contribution in [1.82, 2.24) is 4.90 Å². The normalized spacial score (nSPS) is 22.4. The van der Waals surface area contributed by atoms with Gasteiger partial charge in [0.2, 0.25) is 5.91 Å². The Morgan fingerprint density at radius 3 is 2.50 bits per heavy atom. The lowest BCUT2D eigenvalue weighted by atomic mass is 9.93. The first-order chi connectivity index (χ1) is 12.5. The fraction of sp³-hybridized carbons (Fsp3) is 0.450. The van der Waals surface area contributed by atoms with Crippen LogP contribution in [0.3, 0.4) is 0 Å². The molecule has 6 heteroatoms. The van der Waals surface area contributed by atoms with E-state index < -0.39 is 12.0 Å². The Hall–Kier alpha value is -2.08. The summed E-state index contributed by atoms with van der Waals surface area (Å²) in [6.45, 7) is 7.97. The third-order valence-electron chi connectivity index (χ3n) is 4.72. The van der Waals surface area contributed by atoms with Gasteiger partial charge in [0, 0.05) is 0 Å². The summed E-state index contributed by atoms with van der Waals surface area (Å²) >= 11 is 1.48. The Bertz CT molecular complexity index is 783. The van der Waals surface area contributed by atoms with Gasteiger partial charge in [0.1, 0.15) is 0 Å². The lowest BCUT2D eigenvalue weighted by Gasteiger charge is -2.33. The van der Waals surface area contributed by atoms with Gasteiger partial charge in [-0.25, -0.2) is 9.79 Å². The maximum absolute atomic E-state index is 13.0. The quantitative estimate of drug-likeness (QED) is 0.737. The maximum Gasteiger partial charge on any atom is 0.338 e. The van der Waals surface area contributed by atoms with Gasteiger partial charge in [0.25, 0.3) is 0 Å². The van der Waals surface area contributed by atoms with E-state index in [9.17, 15) is 9.59 Å². The van der Waals surface area contributed by atoms with Crippen molar-refractivity contribution in [2.75, 3.05) is 6.61 Å². The molecule has 2 unspecified atom stereocenters. The molecule has 0 spiro atoms. The Balaban J connectivity index is 2.11. The number of fused-ring (bicyclic) bond motifs is 1. The molecule has 2 atom stereocenters. The number of carbonyl (C=O) groups excluding carboxylic acids is 2. The van der Waals surface area contributed by atoms with Gasteiger partial charge in [-0.15, -0.1) is 0 Å². The van der Waals surface area contributed by atoms with E-state index in [1.807, 2.05) is 38.1 Å². The number of amidine groups is 1. The minimum Gasteiger partial charge on any atom is -0.463 e. The molecule has 0 aliphatic carbocycles. The molecule has 26 heavy (non-hydrogen) atoms. The number of amides is 1. The van der Waals surface area contributed by atoms with E-state index >= 15 is 0 Å². The number of rotatable bonds is 5. The zero-order valence-electron chi connectivity index (χ0n) is 15.6. The summed E-state index contributed by atoms with van der Waals surface area (Å²) in [5.74, 6) is -0.398. The van der Waals surface area contributed by atoms with E-state index in [1.54, 1.807) is 11.8 Å². The highest BCUT2D eigenvalue weighted by Crippen LogP contribution is 2.44. The molecular weight excluding hydrogens is 348 g/mol. The van der Waals surface area contributed by atoms with Crippen molar-refractivity contribution < 1.29 is 14.3 Å². The number of benzene rings is 1. The molecule has 0 saturated carbocycles. The highest BCUT2D eigenvalue weighted by molar-refractivity contribution is 8.15. The molecular formula is C20H24N2O3S. The van der Waals surface area contributed by atoms with Crippen LogP contribution >= 0.6 is 11.8 Å². The van der Waals surface area contributed by atoms with Crippen molar-refractivity contribution in [3.63, 3.8) is 0 Å². The monoisotopic (exact) mass is 372 g/mol. The van der Waals surface area contributed by atoms with Gasteiger partial charge < -0.3 is 4.74 Å². The molecule has 2 aliphatic heterocycles. The van der Waals surface area contributed by atoms with Crippen molar-refractivity contribution in [3.05, 3.63) is 46.7 Å². The van der Waals surface area contributed by atoms with Crippen molar-refractivity contribution in [3.8, 4) is 0 Å². The largest absolute Gasteiger partial charge is 0.463 e. The summed E-state index contributed by atoms with van der Waals surface area (Å²) in [6.07, 6.45) is 1.67. The molecule has 0 N–H and O–H groups in total. The molecule has 0 aromatic heterocycles. The summed E-state index contributed by atoms with van der Waals surface area (Å²) < 4.78 is 5.27. The van der Waals surface area contributed by atoms with Crippen molar-refractivity contribution in [2.45, 2.75) is 51.8 Å². The Labute approximate surface area is 158 Å². The second kappa shape index (κ2) is 7.66. The summed E-state index contributed by atoms with van der Waals surface area (Å²) in [4.78, 5) is 31.9. The zero-order chi connectivity index (χ0) is 18.8. The number of allylic oxidation sites excluding steroid dienone is 1. The molecule has 5 nitrogen and oxygen atoms in total. The minimum atomic E-state index is -0.482. The molecule has 3 rings (SSSR count). The molecule has 0 bridgehead atoms. The van der Waals surface area contributed by atoms with Crippen LogP contribution in [-0.4, -0.2) is 33.8 Å². The van der Waals surface area contributed by atoms with E-state index in [-0.39, 0.29) is 17.8 Å². The summed E-state index contributed by atoms with van der Waals surface area (Å²) in [7, 11) is 0. The highest BCUT2D eigenvalue weighted by Gasteiger charge is 2.47. The van der Waals surface area contributed by atoms with Gasteiger partial charge in [-0.1, -0.05) is 49.9 Å². The number of ether oxygens (including phenoxy) is 1. The Morgan fingerprint density at radius 1 is 1.23 bits per heavy atom. The first-order valence-electron chi connectivity index (χ1n) is 9.06. The number of thioether (sulfide) groups is 1. The van der Waals surface area contributed by atoms with Crippen LogP contribution in [0.1, 0.15) is 51.3 Å². The van der Waals surface area contributed by atoms with E-state index in [0.717, 1.165) is 18.4 Å². The smallest absolute Gasteiger partial charge is 0.338 e. The standard InChI is InChI=1S/C20H24N2O3S/c1-5-13-8-10-14(11-9-13)17-16(19(24)25-7-3)12(4)21-20-22(17)18(23)15(6-2)26-20/h8-11,15,17H,5-7H2,1-4H3. The fourth-order valence-corrected chi connectivity index (χ4v) is 4.44. The van der Waals surface area contributed by atoms with Crippen molar-refractivity contribution >= 4 is 28.8 Å². The van der Waals surface area contributed by atoms with Crippen LogP contribution < -0.4 is 0 Å². The summed E-state index contributed by atoms with van der Waals surface area (Å²) in [5.41, 5.74) is 3.19. The summed E-state index contributed by atoms with van der Waals surface area (Å²) in [6, 6.07) is 7.60. The van der Waals surface area contributed by atoms with E-state index in [0.29, 0.717) is 16.4 Å². The first kappa shape index (κ1) is 18.7. The number of nitrogens with zero attached hydrogens (tertiary/aromatic N) is 2. The second-order valence-electron chi connectivity index (χ2n) is 6.33. The van der Waals surface area contributed by atoms with Crippen LogP contribution in [0.15, 0.2) is 40.5 Å². The maximum atomic E-state index is 13.0. The van der Waals surface area contributed by atoms with Crippen molar-refractivity contribution in [1.29, 1.82) is 0 Å². The molecule has 1 amide bonds. The lowest BCUT2D eigenvalue weighted by Crippen LogP contribution is -2.40. The topological polar surface area (TPSA) is 59.0 Å². The highest BCUT2D eigenvalue weighted by atomic mass is 32.2. The number of carbonyl (C=O) groups is 2. The zero-order valence-corrected chi connectivity index (χ0v) is 16.4. The third kappa shape index (κ3) is 3.18. The molecule has 2 aliphatic rings. The number of esters is 1. The molecule has 1 saturated heterocycles.